The topological polar surface area (TPSA) is 38.8 Å². The summed E-state index contributed by atoms with van der Waals surface area (Å²) in [5.41, 5.74) is 2.02. The average Bonchev–Trinajstić information content (AvgIpc) is 2.64. The first-order chi connectivity index (χ1) is 12.9. The second-order valence-electron chi connectivity index (χ2n) is 7.32. The Labute approximate surface area is 171 Å². The summed E-state index contributed by atoms with van der Waals surface area (Å²) >= 11 is 3.49. The lowest BCUT2D eigenvalue weighted by atomic mass is 10.2. The Morgan fingerprint density at radius 2 is 1.56 bits per heavy atom. The molecule has 2 aromatic carbocycles. The third-order valence-electron chi connectivity index (χ3n) is 3.83. The highest BCUT2D eigenvalue weighted by Gasteiger charge is 2.30. The van der Waals surface area contributed by atoms with E-state index >= 15 is 0 Å². The van der Waals surface area contributed by atoms with Gasteiger partial charge in [-0.1, -0.05) is 76.6 Å². The van der Waals surface area contributed by atoms with Crippen molar-refractivity contribution in [3.8, 4) is 0 Å². The molecule has 0 aromatic heterocycles. The first-order valence-electron chi connectivity index (χ1n) is 9.14. The zero-order valence-electron chi connectivity index (χ0n) is 16.2. The highest BCUT2D eigenvalue weighted by Crippen LogP contribution is 2.20. The molecule has 6 heteroatoms. The molecule has 146 valence electrons. The maximum Gasteiger partial charge on any atom is 0.412 e. The molecule has 0 aliphatic heterocycles. The van der Waals surface area contributed by atoms with Crippen LogP contribution in [-0.2, 0) is 22.3 Å². The van der Waals surface area contributed by atoms with E-state index in [1.165, 1.54) is 0 Å². The van der Waals surface area contributed by atoms with Crippen LogP contribution < -0.4 is 0 Å². The number of carbonyl (C=O) groups excluding carboxylic acids is 1. The van der Waals surface area contributed by atoms with Crippen molar-refractivity contribution in [3.05, 3.63) is 71.8 Å². The minimum atomic E-state index is -1.84. The molecule has 1 amide bonds. The van der Waals surface area contributed by atoms with Gasteiger partial charge in [-0.2, -0.15) is 0 Å². The standard InChI is InChI=1S/C21H28BrNO3Si/c1-27(2,3)26-20(14-15-22)23(16-18-10-6-4-7-11-18)21(24)25-17-19-12-8-5-9-13-19/h4-13,20H,14-17H2,1-3H3. The minimum Gasteiger partial charge on any atom is -0.444 e. The minimum absolute atomic E-state index is 0.249. The predicted molar refractivity (Wildman–Crippen MR) is 115 cm³/mol. The molecule has 0 radical (unpaired) electrons. The van der Waals surface area contributed by atoms with Crippen molar-refractivity contribution in [2.75, 3.05) is 5.33 Å². The summed E-state index contributed by atoms with van der Waals surface area (Å²) in [5, 5.41) is 0.749. The van der Waals surface area contributed by atoms with E-state index in [-0.39, 0.29) is 18.9 Å². The number of nitrogens with zero attached hydrogens (tertiary/aromatic N) is 1. The molecule has 0 spiro atoms. The lowest BCUT2D eigenvalue weighted by molar-refractivity contribution is 0.00224. The highest BCUT2D eigenvalue weighted by atomic mass is 79.9. The van der Waals surface area contributed by atoms with Gasteiger partial charge in [-0.15, -0.1) is 0 Å². The largest absolute Gasteiger partial charge is 0.444 e. The summed E-state index contributed by atoms with van der Waals surface area (Å²) in [4.78, 5) is 14.7. The van der Waals surface area contributed by atoms with Gasteiger partial charge in [-0.25, -0.2) is 4.79 Å². The van der Waals surface area contributed by atoms with Crippen LogP contribution in [0.25, 0.3) is 0 Å². The summed E-state index contributed by atoms with van der Waals surface area (Å²) in [5.74, 6) is 0. The van der Waals surface area contributed by atoms with E-state index in [1.54, 1.807) is 4.90 Å². The van der Waals surface area contributed by atoms with Crippen molar-refractivity contribution >= 4 is 30.3 Å². The van der Waals surface area contributed by atoms with Crippen LogP contribution in [0.4, 0.5) is 4.79 Å². The molecular weight excluding hydrogens is 422 g/mol. The normalized spacial score (nSPS) is 12.4. The Bertz CT molecular complexity index is 692. The fourth-order valence-electron chi connectivity index (χ4n) is 2.65. The lowest BCUT2D eigenvalue weighted by Gasteiger charge is -2.35. The molecule has 0 aliphatic rings. The van der Waals surface area contributed by atoms with Gasteiger partial charge in [0.1, 0.15) is 12.8 Å². The quantitative estimate of drug-likeness (QED) is 0.276. The van der Waals surface area contributed by atoms with Gasteiger partial charge in [0.05, 0.1) is 6.54 Å². The number of amides is 1. The van der Waals surface area contributed by atoms with E-state index in [9.17, 15) is 4.79 Å². The summed E-state index contributed by atoms with van der Waals surface area (Å²) in [7, 11) is -1.84. The smallest absolute Gasteiger partial charge is 0.412 e. The highest BCUT2D eigenvalue weighted by molar-refractivity contribution is 9.09. The number of halogens is 1. The van der Waals surface area contributed by atoms with E-state index in [0.717, 1.165) is 16.5 Å². The van der Waals surface area contributed by atoms with Gasteiger partial charge in [-0.3, -0.25) is 4.90 Å². The van der Waals surface area contributed by atoms with Gasteiger partial charge in [0.25, 0.3) is 0 Å². The number of ether oxygens (including phenoxy) is 1. The van der Waals surface area contributed by atoms with Crippen LogP contribution >= 0.6 is 15.9 Å². The van der Waals surface area contributed by atoms with Gasteiger partial charge in [0, 0.05) is 11.8 Å². The second-order valence-corrected chi connectivity index (χ2v) is 12.6. The Morgan fingerprint density at radius 3 is 2.07 bits per heavy atom. The Morgan fingerprint density at radius 1 is 1.00 bits per heavy atom. The second kappa shape index (κ2) is 10.6. The molecular formula is C21H28BrNO3Si. The van der Waals surface area contributed by atoms with Crippen molar-refractivity contribution < 1.29 is 14.0 Å². The first-order valence-corrected chi connectivity index (χ1v) is 13.7. The van der Waals surface area contributed by atoms with E-state index in [0.29, 0.717) is 13.0 Å². The van der Waals surface area contributed by atoms with Crippen LogP contribution in [0.15, 0.2) is 60.7 Å². The number of alkyl halides is 1. The zero-order valence-corrected chi connectivity index (χ0v) is 18.8. The van der Waals surface area contributed by atoms with Crippen molar-refractivity contribution in [1.29, 1.82) is 0 Å². The Balaban J connectivity index is 2.17. The molecule has 4 nitrogen and oxygen atoms in total. The average molecular weight is 450 g/mol. The Hall–Kier alpha value is -1.63. The molecule has 1 atom stereocenters. The van der Waals surface area contributed by atoms with Gasteiger partial charge in [0.15, 0.2) is 8.32 Å². The van der Waals surface area contributed by atoms with Crippen molar-refractivity contribution in [2.24, 2.45) is 0 Å². The van der Waals surface area contributed by atoms with E-state index in [1.807, 2.05) is 60.7 Å². The predicted octanol–water partition coefficient (Wildman–Crippen LogP) is 5.79. The molecule has 0 saturated heterocycles. The van der Waals surface area contributed by atoms with Gasteiger partial charge < -0.3 is 9.16 Å². The lowest BCUT2D eigenvalue weighted by Crippen LogP contribution is -2.46. The molecule has 2 rings (SSSR count). The third-order valence-corrected chi connectivity index (χ3v) is 5.27. The van der Waals surface area contributed by atoms with Gasteiger partial charge >= 0.3 is 6.09 Å². The number of rotatable bonds is 9. The molecule has 27 heavy (non-hydrogen) atoms. The van der Waals surface area contributed by atoms with Crippen LogP contribution in [0, 0.1) is 0 Å². The van der Waals surface area contributed by atoms with Gasteiger partial charge in [-0.05, 0) is 30.8 Å². The molecule has 0 heterocycles. The van der Waals surface area contributed by atoms with Crippen LogP contribution in [0.1, 0.15) is 17.5 Å². The van der Waals surface area contributed by atoms with Gasteiger partial charge in [0.2, 0.25) is 0 Å². The van der Waals surface area contributed by atoms with Crippen LogP contribution in [0.5, 0.6) is 0 Å². The van der Waals surface area contributed by atoms with E-state index in [2.05, 4.69) is 35.6 Å². The van der Waals surface area contributed by atoms with E-state index in [4.69, 9.17) is 9.16 Å². The maximum atomic E-state index is 12.9. The molecule has 0 bridgehead atoms. The summed E-state index contributed by atoms with van der Waals surface area (Å²) in [6.07, 6.45) is 0.0313. The summed E-state index contributed by atoms with van der Waals surface area (Å²) < 4.78 is 11.9. The number of carbonyl (C=O) groups is 1. The van der Waals surface area contributed by atoms with Crippen molar-refractivity contribution in [1.82, 2.24) is 4.90 Å². The fraction of sp³-hybridized carbons (Fsp3) is 0.381. The Kier molecular flexibility index (Phi) is 8.53. The van der Waals surface area contributed by atoms with Crippen LogP contribution in [0.3, 0.4) is 0 Å². The third kappa shape index (κ3) is 7.87. The maximum absolute atomic E-state index is 12.9. The zero-order chi connectivity index (χ0) is 19.7. The molecule has 1 unspecified atom stereocenters. The monoisotopic (exact) mass is 449 g/mol. The van der Waals surface area contributed by atoms with Crippen LogP contribution in [0.2, 0.25) is 19.6 Å². The molecule has 0 N–H and O–H groups in total. The fourth-order valence-corrected chi connectivity index (χ4v) is 4.10. The van der Waals surface area contributed by atoms with E-state index < -0.39 is 8.32 Å². The van der Waals surface area contributed by atoms with Crippen LogP contribution in [-0.4, -0.2) is 30.9 Å². The molecule has 0 fully saturated rings. The van der Waals surface area contributed by atoms with Crippen molar-refractivity contribution in [3.63, 3.8) is 0 Å². The number of hydrogen-bond acceptors (Lipinski definition) is 3. The van der Waals surface area contributed by atoms with Crippen molar-refractivity contribution in [2.45, 2.75) is 45.4 Å². The molecule has 0 saturated carbocycles. The number of benzene rings is 2. The molecule has 2 aromatic rings. The number of hydrogen-bond donors (Lipinski definition) is 0. The summed E-state index contributed by atoms with van der Waals surface area (Å²) in [6.45, 7) is 7.09. The molecule has 0 aliphatic carbocycles. The first kappa shape index (κ1) is 21.7. The summed E-state index contributed by atoms with van der Waals surface area (Å²) in [6, 6.07) is 19.7. The SMILES string of the molecule is C[Si](C)(C)OC(CCBr)N(Cc1ccccc1)C(=O)OCc1ccccc1.